The number of carbonyl (C=O) groups excluding carboxylic acids is 2. The van der Waals surface area contributed by atoms with Gasteiger partial charge in [-0.1, -0.05) is 0 Å². The SMILES string of the molecule is CC(C)(C)OC(=O)N1CC(=O)C(CCC(=O)O)C1. The predicted octanol–water partition coefficient (Wildman–Crippen LogP) is 1.29. The highest BCUT2D eigenvalue weighted by atomic mass is 16.6. The molecule has 0 aromatic heterocycles. The number of ether oxygens (including phenoxy) is 1. The number of nitrogens with zero attached hydrogens (tertiary/aromatic N) is 1. The molecule has 18 heavy (non-hydrogen) atoms. The van der Waals surface area contributed by atoms with Gasteiger partial charge in [-0.15, -0.1) is 0 Å². The van der Waals surface area contributed by atoms with Crippen LogP contribution in [0.4, 0.5) is 4.79 Å². The first-order valence-electron chi connectivity index (χ1n) is 5.91. The summed E-state index contributed by atoms with van der Waals surface area (Å²) in [5.74, 6) is -1.41. The Morgan fingerprint density at radius 1 is 1.44 bits per heavy atom. The molecule has 0 aliphatic carbocycles. The normalized spacial score (nSPS) is 20.1. The highest BCUT2D eigenvalue weighted by molar-refractivity contribution is 5.89. The molecule has 1 aliphatic rings. The monoisotopic (exact) mass is 257 g/mol. The number of Topliss-reactive ketones (excluding diaryl/α,β-unsaturated/α-hetero) is 1. The Morgan fingerprint density at radius 2 is 2.06 bits per heavy atom. The summed E-state index contributed by atoms with van der Waals surface area (Å²) in [6.45, 7) is 5.53. The minimum atomic E-state index is -0.932. The lowest BCUT2D eigenvalue weighted by atomic mass is 10.0. The van der Waals surface area contributed by atoms with Crippen molar-refractivity contribution in [1.29, 1.82) is 0 Å². The van der Waals surface area contributed by atoms with E-state index in [9.17, 15) is 14.4 Å². The summed E-state index contributed by atoms with van der Waals surface area (Å²) in [7, 11) is 0. The van der Waals surface area contributed by atoms with Crippen molar-refractivity contribution < 1.29 is 24.2 Å². The number of carboxylic acids is 1. The van der Waals surface area contributed by atoms with E-state index in [4.69, 9.17) is 9.84 Å². The summed E-state index contributed by atoms with van der Waals surface area (Å²) in [5.41, 5.74) is -0.598. The van der Waals surface area contributed by atoms with Gasteiger partial charge in [-0.3, -0.25) is 9.59 Å². The van der Waals surface area contributed by atoms with Gasteiger partial charge in [0.25, 0.3) is 0 Å². The zero-order valence-corrected chi connectivity index (χ0v) is 10.9. The number of ketones is 1. The first kappa shape index (κ1) is 14.5. The molecule has 1 unspecified atom stereocenters. The molecular formula is C12H19NO5. The van der Waals surface area contributed by atoms with E-state index in [1.165, 1.54) is 4.90 Å². The van der Waals surface area contributed by atoms with Gasteiger partial charge >= 0.3 is 12.1 Å². The van der Waals surface area contributed by atoms with Crippen LogP contribution in [0.3, 0.4) is 0 Å². The molecule has 0 aromatic carbocycles. The van der Waals surface area contributed by atoms with Crippen LogP contribution in [0.25, 0.3) is 0 Å². The molecule has 6 heteroatoms. The molecule has 1 amide bonds. The minimum Gasteiger partial charge on any atom is -0.481 e. The molecule has 1 fully saturated rings. The zero-order chi connectivity index (χ0) is 13.9. The molecule has 102 valence electrons. The molecule has 1 saturated heterocycles. The van der Waals surface area contributed by atoms with Crippen molar-refractivity contribution in [2.45, 2.75) is 39.2 Å². The van der Waals surface area contributed by atoms with Crippen molar-refractivity contribution in [2.75, 3.05) is 13.1 Å². The summed E-state index contributed by atoms with van der Waals surface area (Å²) in [6, 6.07) is 0. The molecule has 1 rings (SSSR count). The van der Waals surface area contributed by atoms with Gasteiger partial charge in [0.05, 0.1) is 6.54 Å². The fourth-order valence-electron chi connectivity index (χ4n) is 1.77. The van der Waals surface area contributed by atoms with E-state index in [1.807, 2.05) is 0 Å². The minimum absolute atomic E-state index is 0.0131. The zero-order valence-electron chi connectivity index (χ0n) is 10.9. The maximum atomic E-state index is 11.7. The third kappa shape index (κ3) is 4.35. The first-order valence-corrected chi connectivity index (χ1v) is 5.91. The maximum absolute atomic E-state index is 11.7. The second kappa shape index (κ2) is 5.37. The van der Waals surface area contributed by atoms with Crippen LogP contribution < -0.4 is 0 Å². The number of amides is 1. The van der Waals surface area contributed by atoms with Gasteiger partial charge in [0.2, 0.25) is 0 Å². The third-order valence-corrected chi connectivity index (χ3v) is 2.60. The molecule has 1 atom stereocenters. The molecule has 0 aromatic rings. The van der Waals surface area contributed by atoms with Crippen molar-refractivity contribution in [3.8, 4) is 0 Å². The second-order valence-electron chi connectivity index (χ2n) is 5.46. The number of hydrogen-bond acceptors (Lipinski definition) is 4. The average molecular weight is 257 g/mol. The quantitative estimate of drug-likeness (QED) is 0.823. The lowest BCUT2D eigenvalue weighted by Gasteiger charge is -2.23. The van der Waals surface area contributed by atoms with Crippen LogP contribution in [0.15, 0.2) is 0 Å². The second-order valence-corrected chi connectivity index (χ2v) is 5.46. The summed E-state index contributed by atoms with van der Waals surface area (Å²) in [6.07, 6.45) is -0.305. The topological polar surface area (TPSA) is 83.9 Å². The molecule has 6 nitrogen and oxygen atoms in total. The van der Waals surface area contributed by atoms with Crippen molar-refractivity contribution in [1.82, 2.24) is 4.90 Å². The number of rotatable bonds is 3. The largest absolute Gasteiger partial charge is 0.481 e. The van der Waals surface area contributed by atoms with Crippen molar-refractivity contribution in [3.05, 3.63) is 0 Å². The van der Waals surface area contributed by atoms with Gasteiger partial charge in [0.1, 0.15) is 5.60 Å². The van der Waals surface area contributed by atoms with E-state index in [0.29, 0.717) is 0 Å². The van der Waals surface area contributed by atoms with Crippen LogP contribution in [0.2, 0.25) is 0 Å². The van der Waals surface area contributed by atoms with Gasteiger partial charge in [-0.05, 0) is 27.2 Å². The van der Waals surface area contributed by atoms with Gasteiger partial charge in [0.15, 0.2) is 5.78 Å². The van der Waals surface area contributed by atoms with Crippen molar-refractivity contribution in [3.63, 3.8) is 0 Å². The lowest BCUT2D eigenvalue weighted by Crippen LogP contribution is -2.35. The van der Waals surface area contributed by atoms with Crippen LogP contribution >= 0.6 is 0 Å². The average Bonchev–Trinajstić information content (AvgIpc) is 2.54. The molecule has 0 bridgehead atoms. The Bertz CT molecular complexity index is 358. The van der Waals surface area contributed by atoms with Crippen LogP contribution in [0, 0.1) is 5.92 Å². The molecule has 0 saturated carbocycles. The van der Waals surface area contributed by atoms with E-state index in [-0.39, 0.29) is 37.6 Å². The molecule has 0 radical (unpaired) electrons. The number of aliphatic carboxylic acids is 1. The van der Waals surface area contributed by atoms with E-state index in [0.717, 1.165) is 0 Å². The summed E-state index contributed by atoms with van der Waals surface area (Å²) < 4.78 is 5.16. The summed E-state index contributed by atoms with van der Waals surface area (Å²) >= 11 is 0. The van der Waals surface area contributed by atoms with Gasteiger partial charge in [-0.2, -0.15) is 0 Å². The maximum Gasteiger partial charge on any atom is 0.410 e. The van der Waals surface area contributed by atoms with Gasteiger partial charge in [0, 0.05) is 18.9 Å². The molecule has 0 spiro atoms. The van der Waals surface area contributed by atoms with Crippen LogP contribution in [-0.2, 0) is 14.3 Å². The molecule has 1 aliphatic heterocycles. The van der Waals surface area contributed by atoms with Crippen LogP contribution in [-0.4, -0.2) is 46.5 Å². The smallest absolute Gasteiger partial charge is 0.410 e. The Hall–Kier alpha value is -1.59. The number of carboxylic acid groups (broad SMARTS) is 1. The van der Waals surface area contributed by atoms with Crippen LogP contribution in [0.1, 0.15) is 33.6 Å². The molecule has 1 heterocycles. The van der Waals surface area contributed by atoms with E-state index >= 15 is 0 Å². The first-order chi connectivity index (χ1) is 8.19. The number of carbonyl (C=O) groups is 3. The molecule has 1 N–H and O–H groups in total. The summed E-state index contributed by atoms with van der Waals surface area (Å²) in [4.78, 5) is 35.1. The highest BCUT2D eigenvalue weighted by Gasteiger charge is 2.35. The fourth-order valence-corrected chi connectivity index (χ4v) is 1.77. The fraction of sp³-hybridized carbons (Fsp3) is 0.750. The lowest BCUT2D eigenvalue weighted by molar-refractivity contribution is -0.137. The van der Waals surface area contributed by atoms with Gasteiger partial charge < -0.3 is 14.7 Å². The Labute approximate surface area is 106 Å². The summed E-state index contributed by atoms with van der Waals surface area (Å²) in [5, 5.41) is 8.57. The van der Waals surface area contributed by atoms with Crippen molar-refractivity contribution >= 4 is 17.8 Å². The number of hydrogen-bond donors (Lipinski definition) is 1. The van der Waals surface area contributed by atoms with Gasteiger partial charge in [-0.25, -0.2) is 4.79 Å². The van der Waals surface area contributed by atoms with Crippen LogP contribution in [0.5, 0.6) is 0 Å². The Kier molecular flexibility index (Phi) is 4.32. The highest BCUT2D eigenvalue weighted by Crippen LogP contribution is 2.20. The van der Waals surface area contributed by atoms with E-state index in [2.05, 4.69) is 0 Å². The van der Waals surface area contributed by atoms with E-state index < -0.39 is 17.7 Å². The standard InChI is InChI=1S/C12H19NO5/c1-12(2,3)18-11(17)13-6-8(9(14)7-13)4-5-10(15)16/h8H,4-7H2,1-3H3,(H,15,16). The third-order valence-electron chi connectivity index (χ3n) is 2.60. The Balaban J connectivity index is 2.50. The number of likely N-dealkylation sites (tertiary alicyclic amines) is 1. The molecular weight excluding hydrogens is 238 g/mol. The van der Waals surface area contributed by atoms with E-state index in [1.54, 1.807) is 20.8 Å². The Morgan fingerprint density at radius 3 is 2.56 bits per heavy atom. The predicted molar refractivity (Wildman–Crippen MR) is 63.2 cm³/mol. The van der Waals surface area contributed by atoms with Crippen molar-refractivity contribution in [2.24, 2.45) is 5.92 Å².